The summed E-state index contributed by atoms with van der Waals surface area (Å²) in [5.74, 6) is 1.93. The topological polar surface area (TPSA) is 297 Å². The van der Waals surface area contributed by atoms with Crippen molar-refractivity contribution in [3.8, 4) is 96.8 Å². The Hall–Kier alpha value is -10.9. The number of carbonyl (C=O) groups is 1. The molecule has 5 N–H and O–H groups in total. The molecule has 0 radical (unpaired) electrons. The van der Waals surface area contributed by atoms with Crippen LogP contribution in [-0.2, 0) is 23.7 Å². The third kappa shape index (κ3) is 14.5. The minimum absolute atomic E-state index is 0.0806. The monoisotopic (exact) mass is 1380 g/mol. The maximum absolute atomic E-state index is 11.7. The van der Waals surface area contributed by atoms with Crippen LogP contribution in [0.1, 0.15) is 85.2 Å². The van der Waals surface area contributed by atoms with Crippen LogP contribution in [0.25, 0.3) is 93.9 Å². The summed E-state index contributed by atoms with van der Waals surface area (Å²) < 4.78 is 46.6. The molecule has 7 aromatic heterocycles. The van der Waals surface area contributed by atoms with Gasteiger partial charge >= 0.3 is 0 Å². The number of aliphatic hydroxyl groups is 1. The fraction of sp³-hybridized carbons (Fsp3) is 0.316. The first-order valence-corrected chi connectivity index (χ1v) is 35.4. The van der Waals surface area contributed by atoms with Crippen molar-refractivity contribution in [1.82, 2.24) is 39.8 Å². The Kier molecular flexibility index (Phi) is 19.7. The summed E-state index contributed by atoms with van der Waals surface area (Å²) in [5.41, 5.74) is 15.9. The number of hydrogen-bond donors (Lipinski definition) is 5. The van der Waals surface area contributed by atoms with Crippen LogP contribution in [0, 0.1) is 40.9 Å². The summed E-state index contributed by atoms with van der Waals surface area (Å²) in [6.07, 6.45) is 16.6. The van der Waals surface area contributed by atoms with E-state index in [2.05, 4.69) is 94.8 Å². The first-order chi connectivity index (χ1) is 50.1. The van der Waals surface area contributed by atoms with E-state index in [0.717, 1.165) is 162 Å². The van der Waals surface area contributed by atoms with Gasteiger partial charge in [-0.25, -0.2) is 4.98 Å². The molecule has 4 fully saturated rings. The first-order valence-electron chi connectivity index (χ1n) is 34.6. The quantitative estimate of drug-likeness (QED) is 0.0716. The number of nitrogens with one attached hydrogen (secondary N) is 4. The molecule has 102 heavy (non-hydrogen) atoms. The highest BCUT2D eigenvalue weighted by atomic mass is 32.1. The smallest absolute Gasteiger partial charge is 0.248 e. The van der Waals surface area contributed by atoms with Crippen molar-refractivity contribution in [2.24, 2.45) is 0 Å². The van der Waals surface area contributed by atoms with Gasteiger partial charge in [0.25, 0.3) is 0 Å². The fourth-order valence-corrected chi connectivity index (χ4v) is 14.7. The number of ether oxygens (including phenoxy) is 8. The minimum atomic E-state index is -0.475. The van der Waals surface area contributed by atoms with Gasteiger partial charge in [0.2, 0.25) is 5.91 Å². The lowest BCUT2D eigenvalue weighted by Crippen LogP contribution is -2.42. The zero-order chi connectivity index (χ0) is 69.5. The average molecular weight is 1380 g/mol. The van der Waals surface area contributed by atoms with E-state index in [0.29, 0.717) is 106 Å². The van der Waals surface area contributed by atoms with E-state index >= 15 is 0 Å². The number of likely N-dealkylation sites (tertiary alicyclic amines) is 1. The molecular weight excluding hydrogens is 1310 g/mol. The molecule has 0 unspecified atom stereocenters. The number of thiazole rings is 1. The number of hydrogen-bond acceptors (Lipinski definition) is 19. The number of aliphatic hydroxyl groups excluding tert-OH is 1. The molecular formula is C79H74N12O10S. The molecule has 6 aliphatic rings. The Balaban J connectivity index is 0.000000125. The number of benzene rings is 4. The zero-order valence-corrected chi connectivity index (χ0v) is 57.1. The molecule has 1 spiro atoms. The van der Waals surface area contributed by atoms with Crippen LogP contribution in [0.4, 0.5) is 5.69 Å². The van der Waals surface area contributed by atoms with Gasteiger partial charge in [0, 0.05) is 162 Å². The zero-order valence-electron chi connectivity index (χ0n) is 56.3. The summed E-state index contributed by atoms with van der Waals surface area (Å²) in [6, 6.07) is 42.3. The van der Waals surface area contributed by atoms with Crippen molar-refractivity contribution < 1.29 is 47.8 Å². The predicted molar refractivity (Wildman–Crippen MR) is 387 cm³/mol. The number of piperidine rings is 1. The van der Waals surface area contributed by atoms with Gasteiger partial charge in [0.05, 0.1) is 94.7 Å². The lowest BCUT2D eigenvalue weighted by Gasteiger charge is -2.32. The Morgan fingerprint density at radius 3 is 1.57 bits per heavy atom. The van der Waals surface area contributed by atoms with Crippen molar-refractivity contribution in [3.05, 3.63) is 167 Å². The van der Waals surface area contributed by atoms with Gasteiger partial charge in [-0.2, -0.15) is 15.8 Å². The molecule has 23 heteroatoms. The van der Waals surface area contributed by atoms with Crippen molar-refractivity contribution in [3.63, 3.8) is 0 Å². The molecule has 516 valence electrons. The number of aromatic nitrogens is 7. The third-order valence-corrected chi connectivity index (χ3v) is 20.3. The van der Waals surface area contributed by atoms with Gasteiger partial charge in [0.1, 0.15) is 72.7 Å². The second-order valence-electron chi connectivity index (χ2n) is 25.9. The van der Waals surface area contributed by atoms with E-state index in [-0.39, 0.29) is 24.2 Å². The first kappa shape index (κ1) is 66.9. The van der Waals surface area contributed by atoms with Gasteiger partial charge < -0.3 is 68.2 Å². The van der Waals surface area contributed by atoms with Crippen LogP contribution in [0.5, 0.6) is 23.0 Å². The Bertz CT molecular complexity index is 5070. The number of H-pyrrole nitrogens is 3. The van der Waals surface area contributed by atoms with E-state index in [1.807, 2.05) is 92.0 Å². The molecule has 5 aliphatic heterocycles. The van der Waals surface area contributed by atoms with Crippen molar-refractivity contribution >= 4 is 61.2 Å². The number of anilines is 1. The predicted octanol–water partition coefficient (Wildman–Crippen LogP) is 14.0. The third-order valence-electron chi connectivity index (χ3n) is 19.4. The largest absolute Gasteiger partial charge is 0.490 e. The molecule has 4 aromatic carbocycles. The summed E-state index contributed by atoms with van der Waals surface area (Å²) in [6.45, 7) is 8.16. The summed E-state index contributed by atoms with van der Waals surface area (Å²) in [4.78, 5) is 43.2. The highest BCUT2D eigenvalue weighted by Crippen LogP contribution is 2.42. The maximum Gasteiger partial charge on any atom is 0.248 e. The molecule has 4 saturated heterocycles. The molecule has 1 aliphatic carbocycles. The molecule has 0 bridgehead atoms. The lowest BCUT2D eigenvalue weighted by atomic mass is 9.92. The minimum Gasteiger partial charge on any atom is -0.490 e. The van der Waals surface area contributed by atoms with E-state index in [4.69, 9.17) is 43.0 Å². The Morgan fingerprint density at radius 1 is 0.588 bits per heavy atom. The molecule has 11 aromatic rings. The van der Waals surface area contributed by atoms with Crippen LogP contribution >= 0.6 is 11.3 Å². The number of amides is 1. The van der Waals surface area contributed by atoms with Gasteiger partial charge in [-0.05, 0) is 128 Å². The standard InChI is InChI=1S/C29H30N4O5.C27H24N4O3.C23H20N4O2S/c30-17-21-15-20(1-2-26(21)38-22-6-11-33(12-7-22)27(35)18-34)28-23-16-25(32-24(23)5-10-31-28)19-3-8-29(9-4-19)36-13-14-37-29;28-16-19-13-18(2-3-25(19)34-20-6-10-32-11-7-20)27-21-15-23(31-22(21)5-8-30-27)17-1-4-26-24(14-17)29-9-12-33-26;1-14-26-13-22(30-14)20-11-18-19(27-20)4-7-25-23(18)15-2-3-21(16(10-15)12-24)29-17-5-8-28-9-6-17/h1-3,5,10,15-16,22,32,34H,4,6-9,11-14,18H2;1-5,8,13-15,20,29,31H,6-7,9-12H2;2-4,7,10-11,13,17,27H,5-6,8-9H2,1H3. The van der Waals surface area contributed by atoms with Gasteiger partial charge in [-0.3, -0.25) is 19.7 Å². The lowest BCUT2D eigenvalue weighted by molar-refractivity contribution is -0.159. The molecule has 12 heterocycles. The number of aryl methyl sites for hydroxylation is 1. The summed E-state index contributed by atoms with van der Waals surface area (Å²) in [5, 5.41) is 45.9. The molecule has 0 atom stereocenters. The van der Waals surface area contributed by atoms with E-state index < -0.39 is 12.4 Å². The van der Waals surface area contributed by atoms with Crippen molar-refractivity contribution in [2.45, 2.75) is 88.8 Å². The summed E-state index contributed by atoms with van der Waals surface area (Å²) in [7, 11) is 0. The number of allylic oxidation sites excluding steroid dienone is 1. The van der Waals surface area contributed by atoms with Crippen LogP contribution in [-0.4, -0.2) is 147 Å². The highest BCUT2D eigenvalue weighted by Gasteiger charge is 2.38. The second kappa shape index (κ2) is 30.1. The van der Waals surface area contributed by atoms with Crippen molar-refractivity contribution in [2.75, 3.05) is 77.8 Å². The number of nitrogens with zero attached hydrogens (tertiary/aromatic N) is 8. The van der Waals surface area contributed by atoms with E-state index in [9.17, 15) is 20.6 Å². The molecule has 22 nitrogen and oxygen atoms in total. The molecule has 1 amide bonds. The van der Waals surface area contributed by atoms with Crippen LogP contribution in [0.3, 0.4) is 0 Å². The fourth-order valence-electron chi connectivity index (χ4n) is 14.0. The van der Waals surface area contributed by atoms with Gasteiger partial charge in [-0.1, -0.05) is 6.08 Å². The number of rotatable bonds is 13. The number of fused-ring (bicyclic) bond motifs is 4. The highest BCUT2D eigenvalue weighted by molar-refractivity contribution is 7.15. The van der Waals surface area contributed by atoms with Crippen molar-refractivity contribution in [1.29, 1.82) is 15.8 Å². The maximum atomic E-state index is 11.7. The summed E-state index contributed by atoms with van der Waals surface area (Å²) >= 11 is 1.65. The van der Waals surface area contributed by atoms with Gasteiger partial charge in [-0.15, -0.1) is 11.3 Å². The number of carbonyl (C=O) groups excluding carboxylic acids is 1. The normalized spacial score (nSPS) is 16.8. The van der Waals surface area contributed by atoms with Crippen LogP contribution in [0.2, 0.25) is 0 Å². The second-order valence-corrected chi connectivity index (χ2v) is 27.1. The van der Waals surface area contributed by atoms with Gasteiger partial charge in [0.15, 0.2) is 5.79 Å². The van der Waals surface area contributed by atoms with Crippen LogP contribution < -0.4 is 24.3 Å². The SMILES string of the molecule is Cc1ncc(-c2cc3c(-c4ccc(OC5CCOCC5)c(C#N)c4)nccc3[nH]2)s1.N#Cc1cc(-c2nccc3[nH]c(-c4ccc5c(c4)NCCO5)cc23)ccc1OC1CCOCC1.N#Cc1cc(-c2nccc3[nH]c(C4=CCC5(CC4)OCCO5)cc23)ccc1OC1CCN(C(=O)CO)CC1. The number of aromatic amines is 3. The Morgan fingerprint density at radius 2 is 1.08 bits per heavy atom. The average Bonchev–Trinajstić information content (AvgIpc) is 1.61. The van der Waals surface area contributed by atoms with E-state index in [1.54, 1.807) is 34.8 Å². The van der Waals surface area contributed by atoms with Crippen LogP contribution in [0.15, 0.2) is 140 Å². The number of nitriles is 3. The molecule has 17 rings (SSSR count). The van der Waals surface area contributed by atoms with E-state index in [1.165, 1.54) is 5.57 Å². The number of pyridine rings is 3. The molecule has 0 saturated carbocycles. The Labute approximate surface area is 592 Å².